The van der Waals surface area contributed by atoms with Gasteiger partial charge in [-0.2, -0.15) is 0 Å². The summed E-state index contributed by atoms with van der Waals surface area (Å²) in [6.07, 6.45) is 2.90. The molecule has 0 unspecified atom stereocenters. The fourth-order valence-corrected chi connectivity index (χ4v) is 6.08. The predicted octanol–water partition coefficient (Wildman–Crippen LogP) is 4.26. The van der Waals surface area contributed by atoms with E-state index in [4.69, 9.17) is 47.4 Å². The number of hydrogen-bond acceptors (Lipinski definition) is 14. The number of halogens is 2. The van der Waals surface area contributed by atoms with Gasteiger partial charge in [-0.05, 0) is 47.0 Å². The minimum absolute atomic E-state index is 0.0209. The number of rotatable bonds is 34. The number of hydrogen-bond donors (Lipinski definition) is 1. The summed E-state index contributed by atoms with van der Waals surface area (Å²) in [6, 6.07) is 18.2. The molecule has 358 valence electrons. The highest BCUT2D eigenvalue weighted by Gasteiger charge is 2.19. The van der Waals surface area contributed by atoms with Gasteiger partial charge >= 0.3 is 11.7 Å². The number of nitrogens with zero attached hydrogens (tertiary/aromatic N) is 3. The van der Waals surface area contributed by atoms with E-state index in [9.17, 15) is 23.2 Å². The molecule has 2 heterocycles. The topological polar surface area (TPSA) is 182 Å². The van der Waals surface area contributed by atoms with E-state index in [-0.39, 0.29) is 37.5 Å². The van der Waals surface area contributed by atoms with Crippen molar-refractivity contribution in [3.8, 4) is 11.4 Å². The molecule has 19 heteroatoms. The van der Waals surface area contributed by atoms with Gasteiger partial charge in [-0.25, -0.2) is 23.4 Å². The van der Waals surface area contributed by atoms with E-state index in [0.717, 1.165) is 4.57 Å². The molecule has 5 aromatic rings. The molecule has 17 nitrogen and oxygen atoms in total. The van der Waals surface area contributed by atoms with Crippen molar-refractivity contribution in [3.05, 3.63) is 128 Å². The van der Waals surface area contributed by atoms with Crippen molar-refractivity contribution in [2.45, 2.75) is 13.1 Å². The van der Waals surface area contributed by atoms with Gasteiger partial charge < -0.3 is 52.4 Å². The highest BCUT2D eigenvalue weighted by Crippen LogP contribution is 2.20. The first-order valence-corrected chi connectivity index (χ1v) is 21.6. The van der Waals surface area contributed by atoms with Crippen LogP contribution in [0.3, 0.4) is 0 Å². The number of imidazole rings is 1. The lowest BCUT2D eigenvalue weighted by atomic mass is 10.1. The van der Waals surface area contributed by atoms with Crippen molar-refractivity contribution in [1.82, 2.24) is 19.1 Å². The number of aromatic nitrogens is 4. The third kappa shape index (κ3) is 18.4. The molecule has 0 aliphatic rings. The van der Waals surface area contributed by atoms with E-state index in [1.165, 1.54) is 47.0 Å². The van der Waals surface area contributed by atoms with Gasteiger partial charge in [0.05, 0.1) is 125 Å². The molecule has 1 N–H and O–H groups in total. The molecule has 2 aromatic heterocycles. The van der Waals surface area contributed by atoms with Crippen LogP contribution in [0, 0.1) is 11.6 Å². The molecule has 0 radical (unpaired) electrons. The molecule has 5 rings (SSSR count). The first-order valence-electron chi connectivity index (χ1n) is 21.6. The van der Waals surface area contributed by atoms with E-state index in [1.54, 1.807) is 49.6 Å². The van der Waals surface area contributed by atoms with Crippen molar-refractivity contribution in [2.75, 3.05) is 126 Å². The molecule has 3 aromatic carbocycles. The monoisotopic (exact) mass is 924 g/mol. The van der Waals surface area contributed by atoms with Gasteiger partial charge in [0.15, 0.2) is 5.52 Å². The number of carbonyl (C=O) groups is 1. The van der Waals surface area contributed by atoms with Crippen LogP contribution in [0.25, 0.3) is 28.6 Å². The molecule has 0 bridgehead atoms. The Morgan fingerprint density at radius 1 is 0.561 bits per heavy atom. The van der Waals surface area contributed by atoms with Crippen molar-refractivity contribution >= 4 is 23.2 Å². The van der Waals surface area contributed by atoms with Crippen LogP contribution in [0.2, 0.25) is 0 Å². The molecule has 66 heavy (non-hydrogen) atoms. The summed E-state index contributed by atoms with van der Waals surface area (Å²) in [5, 5.41) is 0. The molecular weight excluding hydrogens is 867 g/mol. The minimum atomic E-state index is -0.624. The van der Waals surface area contributed by atoms with Crippen LogP contribution in [-0.4, -0.2) is 151 Å². The summed E-state index contributed by atoms with van der Waals surface area (Å²) in [4.78, 5) is 47.4. The number of benzene rings is 3. The predicted molar refractivity (Wildman–Crippen MR) is 239 cm³/mol. The Labute approximate surface area is 381 Å². The van der Waals surface area contributed by atoms with Gasteiger partial charge in [-0.1, -0.05) is 48.5 Å². The van der Waals surface area contributed by atoms with Crippen LogP contribution < -0.4 is 11.2 Å². The maximum atomic E-state index is 13.8. The first kappa shape index (κ1) is 51.5. The number of ether oxygens (including phenoxy) is 10. The van der Waals surface area contributed by atoms with Crippen LogP contribution in [0.1, 0.15) is 16.7 Å². The summed E-state index contributed by atoms with van der Waals surface area (Å²) in [5.41, 5.74) is 1.46. The Morgan fingerprint density at radius 3 is 1.41 bits per heavy atom. The zero-order valence-electron chi connectivity index (χ0n) is 37.1. The second kappa shape index (κ2) is 29.9. The third-order valence-electron chi connectivity index (χ3n) is 9.48. The standard InChI is InChI=1S/C47H58F2N4O13/c1-57-16-17-58-18-19-59-20-21-60-22-23-61-24-25-62-26-27-63-28-29-64-30-31-65-32-33-66-42(54)15-8-36-2-9-39(10-3-36)44-50-43-45(51-44)52(34-37-4-11-40(48)12-5-37)47(56)53(46(43)55)35-38-6-13-41(49)14-7-38/h2-15H,16-35H2,1H3,(H,50,51)/b15-8+. The summed E-state index contributed by atoms with van der Waals surface area (Å²) >= 11 is 0. The smallest absolute Gasteiger partial charge is 0.333 e. The average Bonchev–Trinajstić information content (AvgIpc) is 3.78. The summed E-state index contributed by atoms with van der Waals surface area (Å²) in [5.74, 6) is -1.08. The van der Waals surface area contributed by atoms with Gasteiger partial charge in [0.1, 0.15) is 29.7 Å². The lowest BCUT2D eigenvalue weighted by molar-refractivity contribution is -0.139. The lowest BCUT2D eigenvalue weighted by Gasteiger charge is -2.12. The molecule has 0 spiro atoms. The van der Waals surface area contributed by atoms with E-state index >= 15 is 0 Å². The molecule has 0 aliphatic carbocycles. The maximum Gasteiger partial charge on any atom is 0.333 e. The fourth-order valence-electron chi connectivity index (χ4n) is 6.08. The Balaban J connectivity index is 0.919. The van der Waals surface area contributed by atoms with Crippen molar-refractivity contribution in [1.29, 1.82) is 0 Å². The van der Waals surface area contributed by atoms with Crippen LogP contribution in [-0.2, 0) is 65.3 Å². The van der Waals surface area contributed by atoms with Crippen LogP contribution in [0.4, 0.5) is 8.78 Å². The van der Waals surface area contributed by atoms with Crippen LogP contribution in [0.15, 0.2) is 88.5 Å². The number of aromatic amines is 1. The molecule has 0 saturated carbocycles. The number of carbonyl (C=O) groups excluding carboxylic acids is 1. The normalized spacial score (nSPS) is 11.6. The lowest BCUT2D eigenvalue weighted by Crippen LogP contribution is -2.40. The Morgan fingerprint density at radius 2 is 0.970 bits per heavy atom. The molecule has 0 atom stereocenters. The number of nitrogens with one attached hydrogen (secondary N) is 1. The van der Waals surface area contributed by atoms with E-state index in [0.29, 0.717) is 134 Å². The SMILES string of the molecule is COCCOCCOCCOCCOCCOCCOCCOCCOCCOC(=O)/C=C/c1ccc(-c2nc3c(=O)n(Cc4ccc(F)cc4)c(=O)n(Cc4ccc(F)cc4)c3[nH]2)cc1. The number of H-pyrrole nitrogens is 1. The van der Waals surface area contributed by atoms with E-state index in [2.05, 4.69) is 9.97 Å². The summed E-state index contributed by atoms with van der Waals surface area (Å²) in [7, 11) is 1.63. The second-order valence-electron chi connectivity index (χ2n) is 14.3. The number of fused-ring (bicyclic) bond motifs is 1. The Kier molecular flexibility index (Phi) is 23.4. The van der Waals surface area contributed by atoms with Gasteiger partial charge in [0.25, 0.3) is 5.56 Å². The van der Waals surface area contributed by atoms with E-state index in [1.807, 2.05) is 0 Å². The van der Waals surface area contributed by atoms with Gasteiger partial charge in [-0.15, -0.1) is 0 Å². The highest BCUT2D eigenvalue weighted by molar-refractivity contribution is 5.87. The second-order valence-corrected chi connectivity index (χ2v) is 14.3. The Bertz CT molecular complexity index is 2300. The Hall–Kier alpha value is -5.48. The molecule has 0 amide bonds. The number of methoxy groups -OCH3 is 1. The van der Waals surface area contributed by atoms with Crippen molar-refractivity contribution < 1.29 is 60.9 Å². The summed E-state index contributed by atoms with van der Waals surface area (Å²) < 4.78 is 83.3. The maximum absolute atomic E-state index is 13.8. The quantitative estimate of drug-likeness (QED) is 0.0351. The zero-order chi connectivity index (χ0) is 46.6. The first-order chi connectivity index (χ1) is 32.3. The molecule has 0 fully saturated rings. The fraction of sp³-hybridized carbons (Fsp3) is 0.447. The molecule has 0 saturated heterocycles. The molecular formula is C47H58F2N4O13. The third-order valence-corrected chi connectivity index (χ3v) is 9.48. The highest BCUT2D eigenvalue weighted by atomic mass is 19.1. The zero-order valence-corrected chi connectivity index (χ0v) is 37.1. The van der Waals surface area contributed by atoms with Crippen LogP contribution >= 0.6 is 0 Å². The number of esters is 1. The van der Waals surface area contributed by atoms with Crippen molar-refractivity contribution in [3.63, 3.8) is 0 Å². The van der Waals surface area contributed by atoms with E-state index < -0.39 is 28.9 Å². The van der Waals surface area contributed by atoms with Crippen molar-refractivity contribution in [2.24, 2.45) is 0 Å². The van der Waals surface area contributed by atoms with Gasteiger partial charge in [-0.3, -0.25) is 13.9 Å². The summed E-state index contributed by atoms with van der Waals surface area (Å²) in [6.45, 7) is 7.66. The van der Waals surface area contributed by atoms with Gasteiger partial charge in [0.2, 0.25) is 0 Å². The molecule has 0 aliphatic heterocycles. The van der Waals surface area contributed by atoms with Gasteiger partial charge in [0, 0.05) is 18.7 Å². The van der Waals surface area contributed by atoms with Crippen LogP contribution in [0.5, 0.6) is 0 Å². The minimum Gasteiger partial charge on any atom is -0.460 e. The largest absolute Gasteiger partial charge is 0.460 e. The average molecular weight is 925 g/mol.